The summed E-state index contributed by atoms with van der Waals surface area (Å²) in [6.45, 7) is 0. The van der Waals surface area contributed by atoms with Crippen LogP contribution in [0.3, 0.4) is 0 Å². The Morgan fingerprint density at radius 2 is 1.76 bits per heavy atom. The van der Waals surface area contributed by atoms with Gasteiger partial charge < -0.3 is 5.32 Å². The molecule has 34 heavy (non-hydrogen) atoms. The number of hydrogen-bond acceptors (Lipinski definition) is 4. The summed E-state index contributed by atoms with van der Waals surface area (Å²) < 4.78 is 3.33. The highest BCUT2D eigenvalue weighted by Gasteiger charge is 2.13. The molecule has 0 unspecified atom stereocenters. The van der Waals surface area contributed by atoms with E-state index in [0.717, 1.165) is 10.0 Å². The van der Waals surface area contributed by atoms with Gasteiger partial charge in [0, 0.05) is 10.5 Å². The van der Waals surface area contributed by atoms with Gasteiger partial charge in [-0.1, -0.05) is 69.5 Å². The molecule has 0 aliphatic rings. The number of anilines is 1. The van der Waals surface area contributed by atoms with Gasteiger partial charge in [-0.15, -0.1) is 11.3 Å². The summed E-state index contributed by atoms with van der Waals surface area (Å²) in [5.41, 5.74) is 1.57. The van der Waals surface area contributed by atoms with E-state index in [4.69, 9.17) is 23.2 Å². The number of benzene rings is 3. The normalized spacial score (nSPS) is 11.9. The molecule has 4 aromatic rings. The van der Waals surface area contributed by atoms with E-state index in [0.29, 0.717) is 14.9 Å². The molecular formula is C25H14BrCl2N3O2S. The van der Waals surface area contributed by atoms with Crippen LogP contribution in [0.2, 0.25) is 10.0 Å². The van der Waals surface area contributed by atoms with Gasteiger partial charge in [0.25, 0.3) is 11.5 Å². The standard InChI is InChI=1S/C25H14BrCl2N3O2S/c26-16-8-6-15(7-9-16)12-21-25(33)31(17-4-2-1-3-5-17)23(34-21)13-22(32)30-20-11-10-19(27)18(14-29)24(20)28/h1-13H,(H,30,32)/b21-12-,23-13-. The second kappa shape index (κ2) is 10.4. The topological polar surface area (TPSA) is 74.9 Å². The van der Waals surface area contributed by atoms with Gasteiger partial charge in [-0.25, -0.2) is 0 Å². The van der Waals surface area contributed by atoms with Crippen molar-refractivity contribution in [3.05, 3.63) is 112 Å². The van der Waals surface area contributed by atoms with Crippen molar-refractivity contribution < 1.29 is 4.79 Å². The van der Waals surface area contributed by atoms with E-state index in [9.17, 15) is 14.9 Å². The number of nitrogens with zero attached hydrogens (tertiary/aromatic N) is 2. The Labute approximate surface area is 216 Å². The number of halogens is 3. The van der Waals surface area contributed by atoms with Gasteiger partial charge in [-0.05, 0) is 48.0 Å². The summed E-state index contributed by atoms with van der Waals surface area (Å²) >= 11 is 16.8. The van der Waals surface area contributed by atoms with Crippen LogP contribution in [0.4, 0.5) is 5.69 Å². The van der Waals surface area contributed by atoms with E-state index in [1.807, 2.05) is 48.5 Å². The van der Waals surface area contributed by atoms with Crippen molar-refractivity contribution in [2.45, 2.75) is 0 Å². The molecule has 0 fully saturated rings. The van der Waals surface area contributed by atoms with Crippen LogP contribution in [0, 0.1) is 11.3 Å². The summed E-state index contributed by atoms with van der Waals surface area (Å²) in [5.74, 6) is -0.505. The highest BCUT2D eigenvalue weighted by molar-refractivity contribution is 9.10. The highest BCUT2D eigenvalue weighted by atomic mass is 79.9. The fraction of sp³-hybridized carbons (Fsp3) is 0. The predicted octanol–water partition coefficient (Wildman–Crippen LogP) is 5.09. The minimum absolute atomic E-state index is 0.0487. The molecule has 0 saturated heterocycles. The first-order chi connectivity index (χ1) is 16.4. The second-order valence-corrected chi connectivity index (χ2v) is 9.77. The number of carbonyl (C=O) groups excluding carboxylic acids is 1. The number of nitrogens with one attached hydrogen (secondary N) is 1. The average Bonchev–Trinajstić information content (AvgIpc) is 3.12. The van der Waals surface area contributed by atoms with Crippen LogP contribution in [0.15, 0.2) is 76.0 Å². The number of aromatic nitrogens is 1. The van der Waals surface area contributed by atoms with Crippen molar-refractivity contribution in [3.8, 4) is 11.8 Å². The molecule has 1 aromatic heterocycles. The number of hydrogen-bond donors (Lipinski definition) is 1. The SMILES string of the molecule is N#Cc1c(Cl)ccc(NC(=O)/C=c2\s/c(=C\c3ccc(Br)cc3)c(=O)n2-c2ccccc2)c1Cl. The quantitative estimate of drug-likeness (QED) is 0.371. The Morgan fingerprint density at radius 1 is 1.06 bits per heavy atom. The van der Waals surface area contributed by atoms with Crippen LogP contribution >= 0.6 is 50.5 Å². The number of carbonyl (C=O) groups is 1. The molecule has 1 heterocycles. The molecule has 1 amide bonds. The fourth-order valence-electron chi connectivity index (χ4n) is 3.16. The molecule has 3 aromatic carbocycles. The predicted molar refractivity (Wildman–Crippen MR) is 141 cm³/mol. The van der Waals surface area contributed by atoms with E-state index in [-0.39, 0.29) is 26.9 Å². The third-order valence-corrected chi connectivity index (χ3v) is 7.00. The van der Waals surface area contributed by atoms with Gasteiger partial charge in [0.05, 0.1) is 31.5 Å². The van der Waals surface area contributed by atoms with E-state index < -0.39 is 5.91 Å². The van der Waals surface area contributed by atoms with Crippen LogP contribution in [0.1, 0.15) is 11.1 Å². The molecule has 0 saturated carbocycles. The first-order valence-electron chi connectivity index (χ1n) is 9.83. The first kappa shape index (κ1) is 24.0. The van der Waals surface area contributed by atoms with Crippen LogP contribution in [0.25, 0.3) is 17.8 Å². The summed E-state index contributed by atoms with van der Waals surface area (Å²) in [6.07, 6.45) is 3.11. The lowest BCUT2D eigenvalue weighted by Gasteiger charge is -2.07. The highest BCUT2D eigenvalue weighted by Crippen LogP contribution is 2.31. The zero-order chi connectivity index (χ0) is 24.2. The van der Waals surface area contributed by atoms with E-state index in [1.165, 1.54) is 34.1 Å². The third kappa shape index (κ3) is 5.16. The van der Waals surface area contributed by atoms with E-state index in [2.05, 4.69) is 21.2 Å². The monoisotopic (exact) mass is 569 g/mol. The van der Waals surface area contributed by atoms with Crippen molar-refractivity contribution in [2.75, 3.05) is 5.32 Å². The Hall–Kier alpha value is -3.15. The van der Waals surface area contributed by atoms with Gasteiger partial charge in [-0.3, -0.25) is 14.2 Å². The summed E-state index contributed by atoms with van der Waals surface area (Å²) in [5, 5.41) is 12.1. The molecule has 1 N–H and O–H groups in total. The number of para-hydroxylation sites is 1. The van der Waals surface area contributed by atoms with Crippen molar-refractivity contribution >= 4 is 74.2 Å². The lowest BCUT2D eigenvalue weighted by Crippen LogP contribution is -2.30. The Balaban J connectivity index is 1.82. The van der Waals surface area contributed by atoms with Crippen molar-refractivity contribution in [3.63, 3.8) is 0 Å². The maximum atomic E-state index is 13.3. The molecule has 0 spiro atoms. The Morgan fingerprint density at radius 3 is 2.44 bits per heavy atom. The third-order valence-electron chi connectivity index (χ3n) is 4.75. The van der Waals surface area contributed by atoms with Crippen molar-refractivity contribution in [1.29, 1.82) is 5.26 Å². The largest absolute Gasteiger partial charge is 0.321 e. The van der Waals surface area contributed by atoms with Gasteiger partial charge in [0.15, 0.2) is 0 Å². The van der Waals surface area contributed by atoms with E-state index >= 15 is 0 Å². The lowest BCUT2D eigenvalue weighted by atomic mass is 10.2. The molecule has 0 bridgehead atoms. The molecule has 5 nitrogen and oxygen atoms in total. The number of thiazole rings is 1. The smallest absolute Gasteiger partial charge is 0.273 e. The average molecular weight is 571 g/mol. The molecule has 0 radical (unpaired) electrons. The van der Waals surface area contributed by atoms with E-state index in [1.54, 1.807) is 18.2 Å². The fourth-order valence-corrected chi connectivity index (χ4v) is 4.97. The molecule has 4 rings (SSSR count). The molecule has 0 aliphatic carbocycles. The minimum Gasteiger partial charge on any atom is -0.321 e. The zero-order valence-electron chi connectivity index (χ0n) is 17.3. The summed E-state index contributed by atoms with van der Waals surface area (Å²) in [7, 11) is 0. The molecule has 0 atom stereocenters. The Bertz CT molecular complexity index is 1610. The Kier molecular flexibility index (Phi) is 7.35. The van der Waals surface area contributed by atoms with Crippen LogP contribution in [-0.4, -0.2) is 10.5 Å². The lowest BCUT2D eigenvalue weighted by molar-refractivity contribution is -0.110. The first-order valence-corrected chi connectivity index (χ1v) is 12.2. The number of nitriles is 1. The number of rotatable bonds is 4. The maximum absolute atomic E-state index is 13.3. The second-order valence-electron chi connectivity index (χ2n) is 7.01. The number of amides is 1. The van der Waals surface area contributed by atoms with Gasteiger partial charge in [-0.2, -0.15) is 5.26 Å². The van der Waals surface area contributed by atoms with Crippen molar-refractivity contribution in [1.82, 2.24) is 4.57 Å². The minimum atomic E-state index is -0.505. The van der Waals surface area contributed by atoms with Crippen LogP contribution in [-0.2, 0) is 4.79 Å². The molecular weight excluding hydrogens is 557 g/mol. The molecule has 9 heteroatoms. The van der Waals surface area contributed by atoms with Gasteiger partial charge in [0.1, 0.15) is 10.7 Å². The zero-order valence-corrected chi connectivity index (χ0v) is 21.2. The van der Waals surface area contributed by atoms with Gasteiger partial charge in [0.2, 0.25) is 0 Å². The summed E-state index contributed by atoms with van der Waals surface area (Å²) in [6, 6.07) is 21.6. The van der Waals surface area contributed by atoms with Crippen LogP contribution in [0.5, 0.6) is 0 Å². The molecule has 168 valence electrons. The summed E-state index contributed by atoms with van der Waals surface area (Å²) in [4.78, 5) is 26.1. The van der Waals surface area contributed by atoms with Gasteiger partial charge >= 0.3 is 0 Å². The maximum Gasteiger partial charge on any atom is 0.273 e. The van der Waals surface area contributed by atoms with Crippen LogP contribution < -0.4 is 20.1 Å². The molecule has 0 aliphatic heterocycles. The van der Waals surface area contributed by atoms with Crippen molar-refractivity contribution in [2.24, 2.45) is 0 Å².